The number of benzene rings is 1. The van der Waals surface area contributed by atoms with Gasteiger partial charge in [-0.25, -0.2) is 0 Å². The molecule has 112 valence electrons. The summed E-state index contributed by atoms with van der Waals surface area (Å²) in [6.07, 6.45) is 0.760. The molecule has 0 unspecified atom stereocenters. The summed E-state index contributed by atoms with van der Waals surface area (Å²) in [5.74, 6) is -0.157. The molecule has 0 saturated heterocycles. The lowest BCUT2D eigenvalue weighted by Crippen LogP contribution is -2.24. The van der Waals surface area contributed by atoms with E-state index in [0.717, 1.165) is 11.1 Å². The zero-order chi connectivity index (χ0) is 15.2. The molecule has 0 spiro atoms. The van der Waals surface area contributed by atoms with Crippen LogP contribution in [-0.2, 0) is 4.74 Å². The molecule has 0 atom stereocenters. The van der Waals surface area contributed by atoms with Crippen molar-refractivity contribution in [2.75, 3.05) is 19.8 Å². The number of hydrogen-bond acceptors (Lipinski definition) is 5. The van der Waals surface area contributed by atoms with Crippen LogP contribution in [0.25, 0.3) is 10.1 Å². The average molecular weight is 308 g/mol. The van der Waals surface area contributed by atoms with Crippen molar-refractivity contribution in [2.24, 2.45) is 0 Å². The first kappa shape index (κ1) is 15.4. The number of rotatable bonds is 7. The lowest BCUT2D eigenvalue weighted by molar-refractivity contribution is -0.384. The van der Waals surface area contributed by atoms with E-state index in [1.165, 1.54) is 23.5 Å². The lowest BCUT2D eigenvalue weighted by Gasteiger charge is -2.03. The molecular formula is C14H16N2O4S. The second kappa shape index (κ2) is 7.14. The highest BCUT2D eigenvalue weighted by molar-refractivity contribution is 7.20. The lowest BCUT2D eigenvalue weighted by atomic mass is 10.2. The van der Waals surface area contributed by atoms with Crippen molar-refractivity contribution >= 4 is 33.0 Å². The third-order valence-electron chi connectivity index (χ3n) is 2.89. The third kappa shape index (κ3) is 3.99. The Balaban J connectivity index is 2.01. The Kier molecular flexibility index (Phi) is 5.24. The summed E-state index contributed by atoms with van der Waals surface area (Å²) >= 11 is 1.33. The van der Waals surface area contributed by atoms with Crippen LogP contribution in [0.3, 0.4) is 0 Å². The number of nitro benzene ring substituents is 1. The van der Waals surface area contributed by atoms with E-state index in [-0.39, 0.29) is 11.6 Å². The van der Waals surface area contributed by atoms with Gasteiger partial charge in [0.2, 0.25) is 0 Å². The van der Waals surface area contributed by atoms with Crippen LogP contribution in [0.1, 0.15) is 23.0 Å². The van der Waals surface area contributed by atoms with Crippen molar-refractivity contribution < 1.29 is 14.5 Å². The van der Waals surface area contributed by atoms with Gasteiger partial charge in [0.25, 0.3) is 11.6 Å². The zero-order valence-electron chi connectivity index (χ0n) is 11.6. The molecule has 0 radical (unpaired) electrons. The van der Waals surface area contributed by atoms with Crippen LogP contribution in [-0.4, -0.2) is 30.6 Å². The second-order valence-corrected chi connectivity index (χ2v) is 5.48. The summed E-state index contributed by atoms with van der Waals surface area (Å²) in [6, 6.07) is 6.29. The van der Waals surface area contributed by atoms with Crippen molar-refractivity contribution in [3.63, 3.8) is 0 Å². The van der Waals surface area contributed by atoms with E-state index < -0.39 is 4.92 Å². The fourth-order valence-corrected chi connectivity index (χ4v) is 2.82. The molecular weight excluding hydrogens is 292 g/mol. The Hall–Kier alpha value is -1.99. The number of non-ortho nitro benzene ring substituents is 1. The maximum Gasteiger partial charge on any atom is 0.270 e. The summed E-state index contributed by atoms with van der Waals surface area (Å²) < 4.78 is 6.05. The zero-order valence-corrected chi connectivity index (χ0v) is 12.4. The number of amides is 1. The minimum absolute atomic E-state index is 0.0315. The number of nitrogens with zero attached hydrogens (tertiary/aromatic N) is 1. The first-order chi connectivity index (χ1) is 10.1. The molecule has 7 heteroatoms. The Morgan fingerprint density at radius 1 is 1.43 bits per heavy atom. The second-order valence-electron chi connectivity index (χ2n) is 4.40. The van der Waals surface area contributed by atoms with Gasteiger partial charge in [0.1, 0.15) is 0 Å². The molecule has 6 nitrogen and oxygen atoms in total. The van der Waals surface area contributed by atoms with Gasteiger partial charge in [-0.3, -0.25) is 14.9 Å². The minimum atomic E-state index is -0.440. The molecule has 0 bridgehead atoms. The van der Waals surface area contributed by atoms with Gasteiger partial charge in [0.15, 0.2) is 0 Å². The molecule has 0 saturated carbocycles. The van der Waals surface area contributed by atoms with Crippen LogP contribution >= 0.6 is 11.3 Å². The van der Waals surface area contributed by atoms with Crippen molar-refractivity contribution in [2.45, 2.75) is 13.3 Å². The number of carbonyl (C=O) groups excluding carboxylic acids is 1. The molecule has 1 aromatic heterocycles. The first-order valence-corrected chi connectivity index (χ1v) is 7.47. The fourth-order valence-electron chi connectivity index (χ4n) is 1.86. The summed E-state index contributed by atoms with van der Waals surface area (Å²) in [4.78, 5) is 22.8. The van der Waals surface area contributed by atoms with E-state index in [1.807, 2.05) is 6.92 Å². The molecule has 1 heterocycles. The Bertz CT molecular complexity index is 653. The van der Waals surface area contributed by atoms with Gasteiger partial charge in [-0.05, 0) is 25.5 Å². The van der Waals surface area contributed by atoms with Crippen molar-refractivity contribution in [1.29, 1.82) is 0 Å². The van der Waals surface area contributed by atoms with Crippen molar-refractivity contribution in [3.8, 4) is 0 Å². The number of hydrogen-bond donors (Lipinski definition) is 1. The maximum absolute atomic E-state index is 12.0. The first-order valence-electron chi connectivity index (χ1n) is 6.65. The highest BCUT2D eigenvalue weighted by atomic mass is 32.1. The molecule has 1 N–H and O–H groups in total. The van der Waals surface area contributed by atoms with E-state index in [2.05, 4.69) is 5.32 Å². The fraction of sp³-hybridized carbons (Fsp3) is 0.357. The number of carbonyl (C=O) groups is 1. The molecule has 0 aliphatic heterocycles. The molecule has 2 rings (SSSR count). The normalized spacial score (nSPS) is 10.7. The third-order valence-corrected chi connectivity index (χ3v) is 4.00. The van der Waals surface area contributed by atoms with E-state index in [4.69, 9.17) is 4.74 Å². The maximum atomic E-state index is 12.0. The smallest absolute Gasteiger partial charge is 0.270 e. The summed E-state index contributed by atoms with van der Waals surface area (Å²) in [5.41, 5.74) is 0.0315. The van der Waals surface area contributed by atoms with Gasteiger partial charge in [-0.2, -0.15) is 0 Å². The molecule has 0 aliphatic rings. The van der Waals surface area contributed by atoms with Crippen LogP contribution in [0.2, 0.25) is 0 Å². The number of ether oxygens (including phenoxy) is 1. The average Bonchev–Trinajstić information content (AvgIpc) is 2.89. The van der Waals surface area contributed by atoms with E-state index in [0.29, 0.717) is 30.0 Å². The summed E-state index contributed by atoms with van der Waals surface area (Å²) in [5, 5.41) is 14.3. The number of thiophene rings is 1. The Morgan fingerprint density at radius 2 is 2.24 bits per heavy atom. The summed E-state index contributed by atoms with van der Waals surface area (Å²) in [7, 11) is 0. The quantitative estimate of drug-likeness (QED) is 0.484. The molecule has 0 fully saturated rings. The van der Waals surface area contributed by atoms with E-state index in [1.54, 1.807) is 12.1 Å². The molecule has 21 heavy (non-hydrogen) atoms. The van der Waals surface area contributed by atoms with E-state index in [9.17, 15) is 14.9 Å². The minimum Gasteiger partial charge on any atom is -0.382 e. The molecule has 2 aromatic rings. The van der Waals surface area contributed by atoms with Gasteiger partial charge >= 0.3 is 0 Å². The Morgan fingerprint density at radius 3 is 2.95 bits per heavy atom. The van der Waals surface area contributed by atoms with Crippen LogP contribution in [0, 0.1) is 10.1 Å². The van der Waals surface area contributed by atoms with Gasteiger partial charge in [0, 0.05) is 42.0 Å². The largest absolute Gasteiger partial charge is 0.382 e. The standard InChI is InChI=1S/C14H16N2O4S/c1-2-20-7-3-6-15-14(17)13-9-10-8-11(16(18)19)4-5-12(10)21-13/h4-5,8-9H,2-3,6-7H2,1H3,(H,15,17). The molecule has 1 aromatic carbocycles. The van der Waals surface area contributed by atoms with Crippen LogP contribution < -0.4 is 5.32 Å². The predicted molar refractivity (Wildman–Crippen MR) is 81.9 cm³/mol. The van der Waals surface area contributed by atoms with Gasteiger partial charge in [-0.1, -0.05) is 0 Å². The van der Waals surface area contributed by atoms with E-state index >= 15 is 0 Å². The molecule has 0 aliphatic carbocycles. The monoisotopic (exact) mass is 308 g/mol. The topological polar surface area (TPSA) is 81.5 Å². The Labute approximate surface area is 125 Å². The highest BCUT2D eigenvalue weighted by Crippen LogP contribution is 2.28. The van der Waals surface area contributed by atoms with Gasteiger partial charge in [0.05, 0.1) is 9.80 Å². The van der Waals surface area contributed by atoms with Crippen LogP contribution in [0.15, 0.2) is 24.3 Å². The number of nitrogens with one attached hydrogen (secondary N) is 1. The van der Waals surface area contributed by atoms with Gasteiger partial charge < -0.3 is 10.1 Å². The van der Waals surface area contributed by atoms with Crippen molar-refractivity contribution in [3.05, 3.63) is 39.3 Å². The van der Waals surface area contributed by atoms with Crippen molar-refractivity contribution in [1.82, 2.24) is 5.32 Å². The summed E-state index contributed by atoms with van der Waals surface area (Å²) in [6.45, 7) is 3.76. The van der Waals surface area contributed by atoms with Crippen LogP contribution in [0.4, 0.5) is 5.69 Å². The SMILES string of the molecule is CCOCCCNC(=O)c1cc2cc([N+](=O)[O-])ccc2s1. The number of fused-ring (bicyclic) bond motifs is 1. The van der Waals surface area contributed by atoms with Crippen LogP contribution in [0.5, 0.6) is 0 Å². The predicted octanol–water partition coefficient (Wildman–Crippen LogP) is 2.97. The highest BCUT2D eigenvalue weighted by Gasteiger charge is 2.12. The van der Waals surface area contributed by atoms with Gasteiger partial charge in [-0.15, -0.1) is 11.3 Å². The number of nitro groups is 1. The molecule has 1 amide bonds.